The summed E-state index contributed by atoms with van der Waals surface area (Å²) in [5.74, 6) is -0.516. The van der Waals surface area contributed by atoms with Gasteiger partial charge in [0.2, 0.25) is 0 Å². The second-order valence-electron chi connectivity index (χ2n) is 3.46. The molecule has 1 amide bonds. The van der Waals surface area contributed by atoms with Crippen LogP contribution in [-0.4, -0.2) is 34.1 Å². The number of aryl methyl sites for hydroxylation is 2. The first kappa shape index (κ1) is 12.4. The maximum atomic E-state index is 11.5. The van der Waals surface area contributed by atoms with Crippen LogP contribution in [0.3, 0.4) is 0 Å². The molecule has 0 saturated heterocycles. The van der Waals surface area contributed by atoms with Crippen LogP contribution >= 0.6 is 0 Å². The van der Waals surface area contributed by atoms with Gasteiger partial charge in [0.25, 0.3) is 11.5 Å². The summed E-state index contributed by atoms with van der Waals surface area (Å²) in [5, 5.41) is 11.1. The van der Waals surface area contributed by atoms with Crippen LogP contribution < -0.4 is 10.9 Å². The molecule has 3 N–H and O–H groups in total. The average Bonchev–Trinajstić information content (AvgIpc) is 2.23. The molecule has 0 aliphatic heterocycles. The molecule has 1 aromatic rings. The molecule has 1 rings (SSSR count). The maximum Gasteiger partial charge on any atom is 0.279 e. The minimum Gasteiger partial charge on any atom is -0.396 e. The van der Waals surface area contributed by atoms with Crippen LogP contribution in [0, 0.1) is 13.8 Å². The Kier molecular flexibility index (Phi) is 4.19. The largest absolute Gasteiger partial charge is 0.396 e. The minimum atomic E-state index is -0.516. The molecule has 0 fully saturated rings. The zero-order valence-electron chi connectivity index (χ0n) is 9.33. The summed E-state index contributed by atoms with van der Waals surface area (Å²) in [6, 6.07) is 0. The summed E-state index contributed by atoms with van der Waals surface area (Å²) in [5.41, 5.74) is 0.634. The number of aromatic nitrogens is 2. The van der Waals surface area contributed by atoms with Gasteiger partial charge in [-0.25, -0.2) is 4.98 Å². The van der Waals surface area contributed by atoms with Crippen molar-refractivity contribution in [2.24, 2.45) is 0 Å². The Balaban J connectivity index is 2.84. The predicted molar refractivity (Wildman–Crippen MR) is 58.4 cm³/mol. The first-order valence-corrected chi connectivity index (χ1v) is 5.03. The van der Waals surface area contributed by atoms with Crippen molar-refractivity contribution in [2.75, 3.05) is 13.2 Å². The van der Waals surface area contributed by atoms with Crippen molar-refractivity contribution in [1.29, 1.82) is 0 Å². The molecule has 6 nitrogen and oxygen atoms in total. The van der Waals surface area contributed by atoms with Gasteiger partial charge >= 0.3 is 0 Å². The zero-order chi connectivity index (χ0) is 12.1. The molecular weight excluding hydrogens is 210 g/mol. The van der Waals surface area contributed by atoms with Crippen LogP contribution in [0.25, 0.3) is 0 Å². The summed E-state index contributed by atoms with van der Waals surface area (Å²) in [7, 11) is 0. The molecular formula is C10H15N3O3. The van der Waals surface area contributed by atoms with Gasteiger partial charge in [0.15, 0.2) is 5.69 Å². The van der Waals surface area contributed by atoms with Crippen LogP contribution in [0.4, 0.5) is 0 Å². The Labute approximate surface area is 92.7 Å². The van der Waals surface area contributed by atoms with Gasteiger partial charge in [-0.15, -0.1) is 0 Å². The number of aromatic amines is 1. The van der Waals surface area contributed by atoms with E-state index in [0.29, 0.717) is 24.4 Å². The quantitative estimate of drug-likeness (QED) is 0.602. The third kappa shape index (κ3) is 2.90. The number of hydrogen-bond donors (Lipinski definition) is 3. The van der Waals surface area contributed by atoms with E-state index < -0.39 is 11.5 Å². The van der Waals surface area contributed by atoms with E-state index in [0.717, 1.165) is 0 Å². The Bertz CT molecular complexity index is 439. The Hall–Kier alpha value is -1.69. The highest BCUT2D eigenvalue weighted by molar-refractivity contribution is 5.91. The molecule has 1 aromatic heterocycles. The van der Waals surface area contributed by atoms with Gasteiger partial charge < -0.3 is 15.4 Å². The van der Waals surface area contributed by atoms with Gasteiger partial charge in [-0.2, -0.15) is 0 Å². The Morgan fingerprint density at radius 1 is 1.50 bits per heavy atom. The second kappa shape index (κ2) is 5.41. The number of hydrogen-bond acceptors (Lipinski definition) is 4. The summed E-state index contributed by atoms with van der Waals surface area (Å²) < 4.78 is 0. The van der Waals surface area contributed by atoms with Gasteiger partial charge in [-0.1, -0.05) is 0 Å². The van der Waals surface area contributed by atoms with E-state index in [-0.39, 0.29) is 12.3 Å². The molecule has 1 heterocycles. The third-order valence-electron chi connectivity index (χ3n) is 2.17. The van der Waals surface area contributed by atoms with Gasteiger partial charge in [-0.05, 0) is 20.3 Å². The van der Waals surface area contributed by atoms with E-state index in [1.807, 2.05) is 0 Å². The minimum absolute atomic E-state index is 0.00298. The summed E-state index contributed by atoms with van der Waals surface area (Å²) >= 11 is 0. The number of rotatable bonds is 4. The summed E-state index contributed by atoms with van der Waals surface area (Å²) in [6.07, 6.45) is 0.453. The number of carbonyl (C=O) groups is 1. The van der Waals surface area contributed by atoms with Crippen molar-refractivity contribution in [3.63, 3.8) is 0 Å². The molecule has 0 atom stereocenters. The Morgan fingerprint density at radius 3 is 2.81 bits per heavy atom. The van der Waals surface area contributed by atoms with Gasteiger partial charge in [-0.3, -0.25) is 9.59 Å². The van der Waals surface area contributed by atoms with Crippen LogP contribution in [0.2, 0.25) is 0 Å². The van der Waals surface area contributed by atoms with E-state index in [2.05, 4.69) is 15.3 Å². The number of amides is 1. The lowest BCUT2D eigenvalue weighted by atomic mass is 10.3. The fourth-order valence-electron chi connectivity index (χ4n) is 1.14. The van der Waals surface area contributed by atoms with E-state index >= 15 is 0 Å². The third-order valence-corrected chi connectivity index (χ3v) is 2.17. The fraction of sp³-hybridized carbons (Fsp3) is 0.500. The van der Waals surface area contributed by atoms with Gasteiger partial charge in [0, 0.05) is 18.8 Å². The first-order valence-electron chi connectivity index (χ1n) is 5.03. The molecule has 16 heavy (non-hydrogen) atoms. The molecule has 0 unspecified atom stereocenters. The number of aliphatic hydroxyl groups is 1. The predicted octanol–water partition coefficient (Wildman–Crippen LogP) is -0.501. The van der Waals surface area contributed by atoms with Crippen LogP contribution in [0.1, 0.15) is 28.3 Å². The molecule has 88 valence electrons. The second-order valence-corrected chi connectivity index (χ2v) is 3.46. The highest BCUT2D eigenvalue weighted by Crippen LogP contribution is 1.96. The van der Waals surface area contributed by atoms with Crippen LogP contribution in [0.5, 0.6) is 0 Å². The molecule has 0 aromatic carbocycles. The molecule has 0 bridgehead atoms. The normalized spacial score (nSPS) is 10.2. The number of nitrogens with one attached hydrogen (secondary N) is 2. The number of aliphatic hydroxyl groups excluding tert-OH is 1. The highest BCUT2D eigenvalue weighted by Gasteiger charge is 2.12. The van der Waals surface area contributed by atoms with Crippen molar-refractivity contribution < 1.29 is 9.90 Å². The standard InChI is InChI=1S/C10H15N3O3/c1-6-7(2)13-10(16)8(12-6)9(15)11-4-3-5-14/h14H,3-5H2,1-2H3,(H,11,15)(H,13,16). The van der Waals surface area contributed by atoms with Gasteiger partial charge in [0.05, 0.1) is 5.69 Å². The maximum absolute atomic E-state index is 11.5. The van der Waals surface area contributed by atoms with Gasteiger partial charge in [0.1, 0.15) is 0 Å². The van der Waals surface area contributed by atoms with Crippen LogP contribution in [0.15, 0.2) is 4.79 Å². The van der Waals surface area contributed by atoms with E-state index in [1.165, 1.54) is 0 Å². The van der Waals surface area contributed by atoms with Crippen molar-refractivity contribution in [3.05, 3.63) is 27.4 Å². The van der Waals surface area contributed by atoms with E-state index in [9.17, 15) is 9.59 Å². The van der Waals surface area contributed by atoms with Crippen molar-refractivity contribution >= 4 is 5.91 Å². The topological polar surface area (TPSA) is 95.1 Å². The lowest BCUT2D eigenvalue weighted by Gasteiger charge is -2.04. The molecule has 0 saturated carbocycles. The SMILES string of the molecule is Cc1nc(C(=O)NCCCO)c(=O)[nH]c1C. The van der Waals surface area contributed by atoms with Crippen molar-refractivity contribution in [1.82, 2.24) is 15.3 Å². The average molecular weight is 225 g/mol. The summed E-state index contributed by atoms with van der Waals surface area (Å²) in [4.78, 5) is 29.4. The van der Waals surface area contributed by atoms with Crippen molar-refractivity contribution in [2.45, 2.75) is 20.3 Å². The summed E-state index contributed by atoms with van der Waals surface area (Å²) in [6.45, 7) is 3.76. The van der Waals surface area contributed by atoms with E-state index in [1.54, 1.807) is 13.8 Å². The monoisotopic (exact) mass is 225 g/mol. The number of carbonyl (C=O) groups excluding carboxylic acids is 1. The first-order chi connectivity index (χ1) is 7.56. The molecule has 0 aliphatic carbocycles. The van der Waals surface area contributed by atoms with Crippen LogP contribution in [-0.2, 0) is 0 Å². The lowest BCUT2D eigenvalue weighted by Crippen LogP contribution is -2.32. The zero-order valence-corrected chi connectivity index (χ0v) is 9.33. The molecule has 6 heteroatoms. The molecule has 0 radical (unpaired) electrons. The molecule has 0 aliphatic rings. The van der Waals surface area contributed by atoms with E-state index in [4.69, 9.17) is 5.11 Å². The number of H-pyrrole nitrogens is 1. The smallest absolute Gasteiger partial charge is 0.279 e. The fourth-order valence-corrected chi connectivity index (χ4v) is 1.14. The molecule has 0 spiro atoms. The number of nitrogens with zero attached hydrogens (tertiary/aromatic N) is 1. The van der Waals surface area contributed by atoms with Crippen molar-refractivity contribution in [3.8, 4) is 0 Å². The Morgan fingerprint density at radius 2 is 2.19 bits per heavy atom. The lowest BCUT2D eigenvalue weighted by molar-refractivity contribution is 0.0944. The highest BCUT2D eigenvalue weighted by atomic mass is 16.3.